The number of aromatic amines is 1. The number of aromatic nitrogens is 2. The molecule has 0 radical (unpaired) electrons. The number of likely N-dealkylation sites (tertiary alicyclic amines) is 1. The Morgan fingerprint density at radius 2 is 1.72 bits per heavy atom. The highest BCUT2D eigenvalue weighted by molar-refractivity contribution is 5.99. The molecular weight excluding hydrogens is 412 g/mol. The van der Waals surface area contributed by atoms with Gasteiger partial charge in [-0.05, 0) is 48.9 Å². The minimum Gasteiger partial charge on any atom is -0.339 e. The van der Waals surface area contributed by atoms with Gasteiger partial charge in [-0.1, -0.05) is 38.1 Å². The monoisotopic (exact) mass is 439 g/mol. The highest BCUT2D eigenvalue weighted by atomic mass is 19.3. The van der Waals surface area contributed by atoms with Gasteiger partial charge in [0.05, 0.1) is 11.0 Å². The first-order chi connectivity index (χ1) is 15.3. The fraction of sp³-hybridized carbons (Fsp3) is 0.400. The number of halogens is 2. The molecule has 0 unspecified atom stereocenters. The van der Waals surface area contributed by atoms with Crippen molar-refractivity contribution in [2.24, 2.45) is 11.8 Å². The number of ketones is 1. The van der Waals surface area contributed by atoms with Gasteiger partial charge >= 0.3 is 0 Å². The quantitative estimate of drug-likeness (QED) is 0.521. The lowest BCUT2D eigenvalue weighted by Crippen LogP contribution is -2.40. The van der Waals surface area contributed by atoms with Crippen LogP contribution in [0.3, 0.4) is 0 Å². The number of imidazole rings is 1. The highest BCUT2D eigenvalue weighted by Crippen LogP contribution is 2.25. The molecule has 1 aromatic heterocycles. The third-order valence-corrected chi connectivity index (χ3v) is 5.99. The molecule has 1 saturated heterocycles. The first-order valence-corrected chi connectivity index (χ1v) is 11.0. The number of hydrogen-bond acceptors (Lipinski definition) is 3. The standard InChI is InChI=1S/C25H27F2N3O2/c1-15(2)13-16-3-5-17(6-4-16)22(31)18-9-11-30(12-10-18)25(32)19-7-8-20-21(14-19)29-24(28-20)23(26)27/h3-8,14-15,18,23H,9-13H2,1-2H3,(H,28,29). The molecule has 5 nitrogen and oxygen atoms in total. The Hall–Kier alpha value is -3.09. The van der Waals surface area contributed by atoms with Gasteiger partial charge in [0.25, 0.3) is 12.3 Å². The molecule has 2 aromatic carbocycles. The van der Waals surface area contributed by atoms with Gasteiger partial charge in [-0.2, -0.15) is 0 Å². The van der Waals surface area contributed by atoms with E-state index in [2.05, 4.69) is 23.8 Å². The Labute approximate surface area is 185 Å². The Morgan fingerprint density at radius 1 is 1.06 bits per heavy atom. The van der Waals surface area contributed by atoms with E-state index < -0.39 is 12.2 Å². The molecule has 0 aliphatic carbocycles. The summed E-state index contributed by atoms with van der Waals surface area (Å²) in [4.78, 5) is 34.0. The molecule has 2 heterocycles. The van der Waals surface area contributed by atoms with Crippen LogP contribution in [-0.4, -0.2) is 39.6 Å². The average molecular weight is 440 g/mol. The molecule has 32 heavy (non-hydrogen) atoms. The zero-order valence-corrected chi connectivity index (χ0v) is 18.3. The zero-order chi connectivity index (χ0) is 22.8. The molecule has 4 rings (SSSR count). The predicted octanol–water partition coefficient (Wildman–Crippen LogP) is 5.43. The van der Waals surface area contributed by atoms with E-state index in [1.54, 1.807) is 23.1 Å². The maximum Gasteiger partial charge on any atom is 0.295 e. The van der Waals surface area contributed by atoms with Gasteiger partial charge < -0.3 is 9.88 Å². The van der Waals surface area contributed by atoms with E-state index in [1.165, 1.54) is 5.56 Å². The summed E-state index contributed by atoms with van der Waals surface area (Å²) in [5, 5.41) is 0. The maximum absolute atomic E-state index is 12.9. The number of carbonyl (C=O) groups excluding carboxylic acids is 2. The molecular formula is C25H27F2N3O2. The molecule has 3 aromatic rings. The van der Waals surface area contributed by atoms with E-state index in [0.717, 1.165) is 12.0 Å². The number of nitrogens with zero attached hydrogens (tertiary/aromatic N) is 2. The molecule has 0 spiro atoms. The number of rotatable bonds is 6. The summed E-state index contributed by atoms with van der Waals surface area (Å²) in [6, 6.07) is 12.6. The number of nitrogens with one attached hydrogen (secondary N) is 1. The van der Waals surface area contributed by atoms with Gasteiger partial charge in [-0.15, -0.1) is 0 Å². The summed E-state index contributed by atoms with van der Waals surface area (Å²) in [5.74, 6) is 0.0363. The van der Waals surface area contributed by atoms with Crippen molar-refractivity contribution in [3.63, 3.8) is 0 Å². The highest BCUT2D eigenvalue weighted by Gasteiger charge is 2.28. The number of piperidine rings is 1. The van der Waals surface area contributed by atoms with E-state index in [9.17, 15) is 18.4 Å². The number of H-pyrrole nitrogens is 1. The van der Waals surface area contributed by atoms with Crippen LogP contribution in [-0.2, 0) is 6.42 Å². The van der Waals surface area contributed by atoms with Crippen LogP contribution in [0.4, 0.5) is 8.78 Å². The van der Waals surface area contributed by atoms with Crippen molar-refractivity contribution in [2.75, 3.05) is 13.1 Å². The molecule has 7 heteroatoms. The molecule has 0 saturated carbocycles. The van der Waals surface area contributed by atoms with Crippen molar-refractivity contribution in [3.8, 4) is 0 Å². The van der Waals surface area contributed by atoms with E-state index in [1.807, 2.05) is 24.3 Å². The van der Waals surface area contributed by atoms with Crippen molar-refractivity contribution < 1.29 is 18.4 Å². The van der Waals surface area contributed by atoms with Gasteiger partial charge in [0.15, 0.2) is 11.6 Å². The molecule has 0 atom stereocenters. The fourth-order valence-electron chi connectivity index (χ4n) is 4.31. The molecule has 168 valence electrons. The van der Waals surface area contributed by atoms with E-state index in [4.69, 9.17) is 0 Å². The van der Waals surface area contributed by atoms with Gasteiger partial charge in [0.1, 0.15) is 0 Å². The lowest BCUT2D eigenvalue weighted by atomic mass is 9.88. The summed E-state index contributed by atoms with van der Waals surface area (Å²) in [6.45, 7) is 5.32. The smallest absolute Gasteiger partial charge is 0.295 e. The number of amides is 1. The van der Waals surface area contributed by atoms with E-state index in [0.29, 0.717) is 48.4 Å². The minimum atomic E-state index is -2.69. The van der Waals surface area contributed by atoms with Gasteiger partial charge in [-0.25, -0.2) is 13.8 Å². The largest absolute Gasteiger partial charge is 0.339 e. The molecule has 0 bridgehead atoms. The van der Waals surface area contributed by atoms with Crippen LogP contribution in [0.5, 0.6) is 0 Å². The van der Waals surface area contributed by atoms with Crippen LogP contribution in [0.25, 0.3) is 11.0 Å². The summed E-state index contributed by atoms with van der Waals surface area (Å²) in [6.07, 6.45) is -0.479. The Bertz CT molecular complexity index is 1110. The van der Waals surface area contributed by atoms with Gasteiger partial charge in [0, 0.05) is 30.1 Å². The van der Waals surface area contributed by atoms with Crippen LogP contribution in [0.2, 0.25) is 0 Å². The first-order valence-electron chi connectivity index (χ1n) is 11.0. The number of alkyl halides is 2. The molecule has 1 aliphatic heterocycles. The topological polar surface area (TPSA) is 66.1 Å². The fourth-order valence-corrected chi connectivity index (χ4v) is 4.31. The van der Waals surface area contributed by atoms with Gasteiger partial charge in [0.2, 0.25) is 0 Å². The Morgan fingerprint density at radius 3 is 2.34 bits per heavy atom. The van der Waals surface area contributed by atoms with Crippen molar-refractivity contribution in [2.45, 2.75) is 39.5 Å². The minimum absolute atomic E-state index is 0.0984. The number of Topliss-reactive ketones (excluding diaryl/α,β-unsaturated/α-hetero) is 1. The van der Waals surface area contributed by atoms with Crippen molar-refractivity contribution >= 4 is 22.7 Å². The summed E-state index contributed by atoms with van der Waals surface area (Å²) in [5.41, 5.74) is 3.19. The molecule has 1 fully saturated rings. The Balaban J connectivity index is 1.38. The van der Waals surface area contributed by atoms with Crippen LogP contribution < -0.4 is 0 Å². The SMILES string of the molecule is CC(C)Cc1ccc(C(=O)C2CCN(C(=O)c3ccc4nc(C(F)F)[nH]c4c3)CC2)cc1. The van der Waals surface area contributed by atoms with E-state index >= 15 is 0 Å². The Kier molecular flexibility index (Phi) is 6.35. The summed E-state index contributed by atoms with van der Waals surface area (Å²) >= 11 is 0. The summed E-state index contributed by atoms with van der Waals surface area (Å²) in [7, 11) is 0. The van der Waals surface area contributed by atoms with Crippen LogP contribution in [0.15, 0.2) is 42.5 Å². The second kappa shape index (κ2) is 9.18. The molecule has 1 aliphatic rings. The van der Waals surface area contributed by atoms with Gasteiger partial charge in [-0.3, -0.25) is 9.59 Å². The second-order valence-electron chi connectivity index (χ2n) is 8.88. The third kappa shape index (κ3) is 4.71. The molecule has 1 amide bonds. The zero-order valence-electron chi connectivity index (χ0n) is 18.3. The first kappa shape index (κ1) is 22.1. The van der Waals surface area contributed by atoms with E-state index in [-0.39, 0.29) is 17.6 Å². The van der Waals surface area contributed by atoms with Crippen molar-refractivity contribution in [1.29, 1.82) is 0 Å². The predicted molar refractivity (Wildman–Crippen MR) is 119 cm³/mol. The number of fused-ring (bicyclic) bond motifs is 1. The van der Waals surface area contributed by atoms with Crippen LogP contribution in [0.1, 0.15) is 65.2 Å². The third-order valence-electron chi connectivity index (χ3n) is 5.99. The second-order valence-corrected chi connectivity index (χ2v) is 8.88. The van der Waals surface area contributed by atoms with Crippen LogP contribution in [0, 0.1) is 11.8 Å². The number of benzene rings is 2. The average Bonchev–Trinajstić information content (AvgIpc) is 3.22. The van der Waals surface area contributed by atoms with Crippen molar-refractivity contribution in [1.82, 2.24) is 14.9 Å². The van der Waals surface area contributed by atoms with Crippen LogP contribution >= 0.6 is 0 Å². The normalized spacial score (nSPS) is 15.1. The number of hydrogen-bond donors (Lipinski definition) is 1. The lowest BCUT2D eigenvalue weighted by molar-refractivity contribution is 0.0650. The molecule has 1 N–H and O–H groups in total. The summed E-state index contributed by atoms with van der Waals surface area (Å²) < 4.78 is 25.7. The maximum atomic E-state index is 12.9. The number of carbonyl (C=O) groups is 2. The van der Waals surface area contributed by atoms with Crippen molar-refractivity contribution in [3.05, 3.63) is 65.0 Å². The lowest BCUT2D eigenvalue weighted by Gasteiger charge is -2.31.